The Morgan fingerprint density at radius 3 is 2.10 bits per heavy atom. The number of imide groups is 1. The second-order valence-electron chi connectivity index (χ2n) is 25.2. The number of hydrogen-bond acceptors (Lipinski definition) is 20. The van der Waals surface area contributed by atoms with Gasteiger partial charge in [-0.25, -0.2) is 8.78 Å². The maximum atomic E-state index is 14.2. The van der Waals surface area contributed by atoms with Crippen molar-refractivity contribution in [3.05, 3.63) is 71.4 Å². The fourth-order valence-electron chi connectivity index (χ4n) is 12.2. The van der Waals surface area contributed by atoms with Gasteiger partial charge >= 0.3 is 5.97 Å². The van der Waals surface area contributed by atoms with Gasteiger partial charge in [0, 0.05) is 134 Å². The molecule has 0 aliphatic carbocycles. The molecule has 4 saturated heterocycles. The quantitative estimate of drug-likeness (QED) is 0.0282. The summed E-state index contributed by atoms with van der Waals surface area (Å²) in [5, 5.41) is 17.8. The van der Waals surface area contributed by atoms with Gasteiger partial charge in [-0.15, -0.1) is 18.2 Å². The number of nitrogens with one attached hydrogen (secondary N) is 3. The highest BCUT2D eigenvalue weighted by molar-refractivity contribution is 8.01. The van der Waals surface area contributed by atoms with Crippen LogP contribution in [0.15, 0.2) is 54.7 Å². The SMILES string of the molecule is C#C[C@H]1CC(F)(F)CN1C(=O)CNC(=O)c1ccnc2ccc(OCCCCN3CCN(C(=O)[C@H](C)CN4C(=O)CC(S[C@H](CCCCCNC(=O)CCCc5ccc(C)cc5)CNC(=O)CN5CCN(COC=O)CCN(COC=O)CCN(CC(=O)O)CC5)C4=O)CC3)cc12. The zero-order valence-corrected chi connectivity index (χ0v) is 56.5. The lowest BCUT2D eigenvalue weighted by Crippen LogP contribution is -2.51. The predicted octanol–water partition coefficient (Wildman–Crippen LogP) is 2.69. The van der Waals surface area contributed by atoms with E-state index in [0.29, 0.717) is 147 Å². The molecule has 4 atom stereocenters. The van der Waals surface area contributed by atoms with Crippen LogP contribution in [0, 0.1) is 25.2 Å². The number of benzene rings is 2. The van der Waals surface area contributed by atoms with Gasteiger partial charge in [-0.2, -0.15) is 0 Å². The number of alkyl halides is 2. The van der Waals surface area contributed by atoms with E-state index in [9.17, 15) is 61.8 Å². The van der Waals surface area contributed by atoms with Crippen LogP contribution in [0.5, 0.6) is 5.75 Å². The number of aromatic nitrogens is 1. The summed E-state index contributed by atoms with van der Waals surface area (Å²) in [4.78, 5) is 146. The van der Waals surface area contributed by atoms with E-state index in [1.54, 1.807) is 34.9 Å². The average molecular weight is 1370 g/mol. The van der Waals surface area contributed by atoms with Gasteiger partial charge in [0.15, 0.2) is 0 Å². The minimum atomic E-state index is -3.10. The van der Waals surface area contributed by atoms with Crippen LogP contribution in [0.1, 0.15) is 92.6 Å². The number of halogens is 2. The lowest BCUT2D eigenvalue weighted by Gasteiger charge is -2.36. The molecule has 4 fully saturated rings. The molecular formula is C68H94F2N12O14S. The van der Waals surface area contributed by atoms with E-state index in [1.807, 2.05) is 21.6 Å². The number of carboxylic acid groups (broad SMARTS) is 1. The van der Waals surface area contributed by atoms with Gasteiger partial charge in [-0.1, -0.05) is 55.5 Å². The Morgan fingerprint density at radius 2 is 1.44 bits per heavy atom. The van der Waals surface area contributed by atoms with E-state index < -0.39 is 60.4 Å². The van der Waals surface area contributed by atoms with Gasteiger partial charge in [0.1, 0.15) is 19.2 Å². The van der Waals surface area contributed by atoms with Crippen LogP contribution in [-0.4, -0.2) is 283 Å². The number of hydrogen-bond donors (Lipinski definition) is 4. The second kappa shape index (κ2) is 39.5. The molecular weight excluding hydrogens is 1280 g/mol. The van der Waals surface area contributed by atoms with Crippen LogP contribution in [0.25, 0.3) is 10.9 Å². The monoisotopic (exact) mass is 1370 g/mol. The number of rotatable bonds is 36. The first-order valence-electron chi connectivity index (χ1n) is 33.5. The number of aliphatic carboxylic acids is 1. The van der Waals surface area contributed by atoms with Crippen LogP contribution in [0.2, 0.25) is 0 Å². The molecule has 1 aromatic heterocycles. The Hall–Kier alpha value is -7.88. The third-order valence-corrected chi connectivity index (χ3v) is 19.2. The van der Waals surface area contributed by atoms with E-state index >= 15 is 0 Å². The zero-order valence-electron chi connectivity index (χ0n) is 55.7. The highest BCUT2D eigenvalue weighted by atomic mass is 32.2. The molecule has 4 N–H and O–H groups in total. The fraction of sp³-hybridized carbons (Fsp3) is 0.603. The Labute approximate surface area is 570 Å². The van der Waals surface area contributed by atoms with E-state index in [-0.39, 0.29) is 86.4 Å². The molecule has 7 rings (SSSR count). The Bertz CT molecular complexity index is 3180. The van der Waals surface area contributed by atoms with Gasteiger partial charge in [0.2, 0.25) is 35.4 Å². The normalized spacial score (nSPS) is 19.3. The van der Waals surface area contributed by atoms with Crippen molar-refractivity contribution in [3.8, 4) is 18.1 Å². The lowest BCUT2D eigenvalue weighted by molar-refractivity contribution is -0.143. The summed E-state index contributed by atoms with van der Waals surface area (Å²) < 4.78 is 44.2. The van der Waals surface area contributed by atoms with Crippen molar-refractivity contribution in [1.29, 1.82) is 0 Å². The molecule has 5 heterocycles. The van der Waals surface area contributed by atoms with Crippen LogP contribution in [-0.2, 0) is 59.0 Å². The summed E-state index contributed by atoms with van der Waals surface area (Å²) >= 11 is 1.34. The summed E-state index contributed by atoms with van der Waals surface area (Å²) in [6.07, 6.45) is 12.4. The zero-order chi connectivity index (χ0) is 69.7. The summed E-state index contributed by atoms with van der Waals surface area (Å²) in [7, 11) is 0. The van der Waals surface area contributed by atoms with E-state index in [0.717, 1.165) is 43.5 Å². The largest absolute Gasteiger partial charge is 0.494 e. The number of amides is 7. The van der Waals surface area contributed by atoms with Crippen molar-refractivity contribution < 1.29 is 76.0 Å². The van der Waals surface area contributed by atoms with Gasteiger partial charge in [0.25, 0.3) is 24.8 Å². The van der Waals surface area contributed by atoms with Crippen LogP contribution in [0.3, 0.4) is 0 Å². The number of likely N-dealkylation sites (tertiary alicyclic amines) is 2. The van der Waals surface area contributed by atoms with Crippen LogP contribution < -0.4 is 20.7 Å². The number of piperazine rings is 1. The number of carbonyl (C=O) groups is 10. The molecule has 530 valence electrons. The summed E-state index contributed by atoms with van der Waals surface area (Å²) in [5.74, 6) is -4.57. The van der Waals surface area contributed by atoms with Gasteiger partial charge in [-0.3, -0.25) is 82.3 Å². The molecule has 0 spiro atoms. The highest BCUT2D eigenvalue weighted by Gasteiger charge is 2.46. The molecule has 4 aliphatic rings. The average Bonchev–Trinajstić information content (AvgIpc) is 1.68. The number of aryl methyl sites for hydroxylation is 2. The Kier molecular flexibility index (Phi) is 31.1. The smallest absolute Gasteiger partial charge is 0.317 e. The predicted molar refractivity (Wildman–Crippen MR) is 358 cm³/mol. The summed E-state index contributed by atoms with van der Waals surface area (Å²) in [6.45, 7) is 9.70. The summed E-state index contributed by atoms with van der Waals surface area (Å²) in [5.41, 5.74) is 3.11. The molecule has 29 heteroatoms. The van der Waals surface area contributed by atoms with E-state index in [2.05, 4.69) is 56.0 Å². The van der Waals surface area contributed by atoms with Crippen molar-refractivity contribution in [2.45, 2.75) is 107 Å². The van der Waals surface area contributed by atoms with E-state index in [4.69, 9.17) is 20.6 Å². The number of carbonyl (C=O) groups excluding carboxylic acids is 9. The third kappa shape index (κ3) is 25.5. The lowest BCUT2D eigenvalue weighted by atomic mass is 10.1. The van der Waals surface area contributed by atoms with Crippen LogP contribution in [0.4, 0.5) is 8.78 Å². The van der Waals surface area contributed by atoms with Crippen LogP contribution >= 0.6 is 11.8 Å². The first kappa shape index (κ1) is 76.5. The van der Waals surface area contributed by atoms with Crippen molar-refractivity contribution in [2.24, 2.45) is 5.92 Å². The number of ether oxygens (including phenoxy) is 3. The highest BCUT2D eigenvalue weighted by Crippen LogP contribution is 2.33. The molecule has 0 radical (unpaired) electrons. The number of pyridine rings is 1. The maximum absolute atomic E-state index is 14.2. The minimum absolute atomic E-state index is 0.00420. The Morgan fingerprint density at radius 1 is 0.784 bits per heavy atom. The fourth-order valence-corrected chi connectivity index (χ4v) is 13.6. The number of carboxylic acids is 1. The topological polar surface area (TPSA) is 294 Å². The first-order valence-corrected chi connectivity index (χ1v) is 34.4. The molecule has 4 aliphatic heterocycles. The minimum Gasteiger partial charge on any atom is -0.494 e. The van der Waals surface area contributed by atoms with Crippen molar-refractivity contribution >= 4 is 82.9 Å². The first-order chi connectivity index (χ1) is 46.7. The molecule has 3 aromatic rings. The van der Waals surface area contributed by atoms with E-state index in [1.165, 1.54) is 40.1 Å². The summed E-state index contributed by atoms with van der Waals surface area (Å²) in [6, 6.07) is 13.9. The number of nitrogens with zero attached hydrogens (tertiary/aromatic N) is 9. The maximum Gasteiger partial charge on any atom is 0.317 e. The van der Waals surface area contributed by atoms with Gasteiger partial charge in [-0.05, 0) is 81.8 Å². The molecule has 7 amide bonds. The second-order valence-corrected chi connectivity index (χ2v) is 26.7. The number of unbranched alkanes of at least 4 members (excludes halogenated alkanes) is 3. The number of terminal acetylenes is 1. The molecule has 26 nitrogen and oxygen atoms in total. The van der Waals surface area contributed by atoms with Gasteiger partial charge < -0.3 is 45.1 Å². The van der Waals surface area contributed by atoms with Crippen molar-refractivity contribution in [3.63, 3.8) is 0 Å². The van der Waals surface area contributed by atoms with Crippen molar-refractivity contribution in [1.82, 2.24) is 60.1 Å². The van der Waals surface area contributed by atoms with Gasteiger partial charge in [0.05, 0.1) is 61.1 Å². The molecule has 0 saturated carbocycles. The third-order valence-electron chi connectivity index (χ3n) is 17.7. The Balaban J connectivity index is 0.866. The number of thioether (sulfide) groups is 1. The standard InChI is InChI=1S/C68H94F2N12O14S/c1-4-53-39-68(69,70)45-82(53)63(88)41-74-65(91)56-20-22-71-58-19-18-54(37-57(56)58)96-36-9-8-23-75-32-34-80(35-33-75)66(92)51(3)42-81-62(87)38-59(67(81)93)97-55(12-6-5-7-21-72-60(85)13-10-11-52-16-14-50(2)15-17-52)40-73-61(86)43-76-24-25-77(44-64(89)90)27-29-79(47-95-49-84)31-30-78(28-26-76)46-94-48-83/h1,14-20,22,37,48-49,51,53,55,59H,5-13,21,23-36,38-47H2,2-3H3,(H,72,85)(H,73,86)(H,74,91)(H,89,90)/t51-,53+,55-,59?/m1/s1. The molecule has 2 aromatic carbocycles. The van der Waals surface area contributed by atoms with Crippen molar-refractivity contribution in [2.75, 3.05) is 151 Å². The molecule has 97 heavy (non-hydrogen) atoms. The molecule has 1 unspecified atom stereocenters. The number of fused-ring (bicyclic) bond motifs is 1. The molecule has 0 bridgehead atoms.